The highest BCUT2D eigenvalue weighted by Crippen LogP contribution is 2.26. The Kier molecular flexibility index (Phi) is 5.86. The van der Waals surface area contributed by atoms with Gasteiger partial charge < -0.3 is 15.3 Å². The Morgan fingerprint density at radius 1 is 1.35 bits per heavy atom. The van der Waals surface area contributed by atoms with E-state index in [0.29, 0.717) is 18.6 Å². The molecule has 0 saturated carbocycles. The van der Waals surface area contributed by atoms with E-state index >= 15 is 0 Å². The SMILES string of the molecule is CCNC(C)c1ccc(N2CCCC(CCO)C2)cc1. The van der Waals surface area contributed by atoms with Gasteiger partial charge >= 0.3 is 0 Å². The van der Waals surface area contributed by atoms with E-state index in [1.165, 1.54) is 24.1 Å². The quantitative estimate of drug-likeness (QED) is 0.838. The Bertz CT molecular complexity index is 388. The van der Waals surface area contributed by atoms with Gasteiger partial charge in [0.05, 0.1) is 0 Å². The summed E-state index contributed by atoms with van der Waals surface area (Å²) in [4.78, 5) is 2.46. The lowest BCUT2D eigenvalue weighted by atomic mass is 9.94. The number of anilines is 1. The zero-order chi connectivity index (χ0) is 14.4. The minimum atomic E-state index is 0.317. The molecule has 1 saturated heterocycles. The van der Waals surface area contributed by atoms with Crippen LogP contribution in [-0.2, 0) is 0 Å². The van der Waals surface area contributed by atoms with E-state index in [1.54, 1.807) is 0 Å². The molecule has 0 bridgehead atoms. The van der Waals surface area contributed by atoms with Crippen LogP contribution in [0.1, 0.15) is 44.7 Å². The molecule has 3 nitrogen and oxygen atoms in total. The van der Waals surface area contributed by atoms with Crippen molar-refractivity contribution in [3.8, 4) is 0 Å². The highest BCUT2D eigenvalue weighted by molar-refractivity contribution is 5.48. The fraction of sp³-hybridized carbons (Fsp3) is 0.647. The highest BCUT2D eigenvalue weighted by atomic mass is 16.3. The molecule has 1 aromatic carbocycles. The van der Waals surface area contributed by atoms with Crippen LogP contribution >= 0.6 is 0 Å². The Labute approximate surface area is 123 Å². The zero-order valence-corrected chi connectivity index (χ0v) is 12.8. The summed E-state index contributed by atoms with van der Waals surface area (Å²) in [6.07, 6.45) is 3.43. The molecule has 0 aromatic heterocycles. The van der Waals surface area contributed by atoms with Crippen molar-refractivity contribution in [3.63, 3.8) is 0 Å². The van der Waals surface area contributed by atoms with Gasteiger partial charge in [0.2, 0.25) is 0 Å². The molecule has 0 aliphatic carbocycles. The monoisotopic (exact) mass is 276 g/mol. The third kappa shape index (κ3) is 3.97. The molecule has 1 heterocycles. The Morgan fingerprint density at radius 2 is 2.10 bits per heavy atom. The predicted octanol–water partition coefficient (Wildman–Crippen LogP) is 2.96. The fourth-order valence-electron chi connectivity index (χ4n) is 3.12. The highest BCUT2D eigenvalue weighted by Gasteiger charge is 2.19. The average Bonchev–Trinajstić information content (AvgIpc) is 2.48. The second kappa shape index (κ2) is 7.65. The van der Waals surface area contributed by atoms with Crippen molar-refractivity contribution in [2.75, 3.05) is 31.1 Å². The molecule has 3 heteroatoms. The molecule has 1 aliphatic heterocycles. The molecular formula is C17H28N2O. The van der Waals surface area contributed by atoms with E-state index in [2.05, 4.69) is 48.3 Å². The number of piperidine rings is 1. The van der Waals surface area contributed by atoms with Crippen LogP contribution in [-0.4, -0.2) is 31.3 Å². The zero-order valence-electron chi connectivity index (χ0n) is 12.8. The molecule has 2 N–H and O–H groups in total. The second-order valence-electron chi connectivity index (χ2n) is 5.84. The Morgan fingerprint density at radius 3 is 2.75 bits per heavy atom. The van der Waals surface area contributed by atoms with Crippen LogP contribution < -0.4 is 10.2 Å². The van der Waals surface area contributed by atoms with Crippen LogP contribution in [0.4, 0.5) is 5.69 Å². The van der Waals surface area contributed by atoms with E-state index in [-0.39, 0.29) is 0 Å². The smallest absolute Gasteiger partial charge is 0.0434 e. The van der Waals surface area contributed by atoms with Crippen LogP contribution in [0.2, 0.25) is 0 Å². The van der Waals surface area contributed by atoms with E-state index in [4.69, 9.17) is 5.11 Å². The summed E-state index contributed by atoms with van der Waals surface area (Å²) in [5, 5.41) is 12.5. The largest absolute Gasteiger partial charge is 0.396 e. The number of hydrogen-bond donors (Lipinski definition) is 2. The first-order chi connectivity index (χ1) is 9.74. The molecule has 1 fully saturated rings. The van der Waals surface area contributed by atoms with Crippen LogP contribution in [0.25, 0.3) is 0 Å². The van der Waals surface area contributed by atoms with Crippen molar-refractivity contribution < 1.29 is 5.11 Å². The van der Waals surface area contributed by atoms with Gasteiger partial charge in [-0.1, -0.05) is 19.1 Å². The molecule has 0 amide bonds. The molecule has 2 unspecified atom stereocenters. The van der Waals surface area contributed by atoms with Crippen LogP contribution in [0, 0.1) is 5.92 Å². The van der Waals surface area contributed by atoms with Gasteiger partial charge in [0, 0.05) is 31.4 Å². The maximum atomic E-state index is 9.10. The standard InChI is InChI=1S/C17H28N2O/c1-3-18-14(2)16-6-8-17(9-7-16)19-11-4-5-15(13-19)10-12-20/h6-9,14-15,18,20H,3-5,10-13H2,1-2H3. The number of rotatable bonds is 6. The normalized spacial score (nSPS) is 20.9. The van der Waals surface area contributed by atoms with Crippen molar-refractivity contribution in [1.82, 2.24) is 5.32 Å². The van der Waals surface area contributed by atoms with Crippen LogP contribution in [0.15, 0.2) is 24.3 Å². The molecule has 1 aliphatic rings. The summed E-state index contributed by atoms with van der Waals surface area (Å²) >= 11 is 0. The van der Waals surface area contributed by atoms with E-state index in [0.717, 1.165) is 26.1 Å². The molecule has 112 valence electrons. The first-order valence-corrected chi connectivity index (χ1v) is 7.93. The fourth-order valence-corrected chi connectivity index (χ4v) is 3.12. The first kappa shape index (κ1) is 15.3. The first-order valence-electron chi connectivity index (χ1n) is 7.93. The van der Waals surface area contributed by atoms with Crippen molar-refractivity contribution in [2.45, 2.75) is 39.2 Å². The van der Waals surface area contributed by atoms with Gasteiger partial charge in [-0.15, -0.1) is 0 Å². The third-order valence-electron chi connectivity index (χ3n) is 4.32. The third-order valence-corrected chi connectivity index (χ3v) is 4.32. The molecule has 0 spiro atoms. The summed E-state index contributed by atoms with van der Waals surface area (Å²) in [6.45, 7) is 7.89. The Hall–Kier alpha value is -1.06. The topological polar surface area (TPSA) is 35.5 Å². The van der Waals surface area contributed by atoms with E-state index in [9.17, 15) is 0 Å². The van der Waals surface area contributed by atoms with Gasteiger partial charge in [-0.05, 0) is 56.3 Å². The lowest BCUT2D eigenvalue weighted by Crippen LogP contribution is -2.35. The van der Waals surface area contributed by atoms with Gasteiger partial charge in [-0.2, -0.15) is 0 Å². The minimum Gasteiger partial charge on any atom is -0.396 e. The molecule has 2 atom stereocenters. The maximum absolute atomic E-state index is 9.10. The van der Waals surface area contributed by atoms with Gasteiger partial charge in [0.25, 0.3) is 0 Å². The summed E-state index contributed by atoms with van der Waals surface area (Å²) in [5.41, 5.74) is 2.67. The van der Waals surface area contributed by atoms with Gasteiger partial charge in [0.15, 0.2) is 0 Å². The molecule has 2 rings (SSSR count). The van der Waals surface area contributed by atoms with E-state index < -0.39 is 0 Å². The van der Waals surface area contributed by atoms with E-state index in [1.807, 2.05) is 0 Å². The van der Waals surface area contributed by atoms with Gasteiger partial charge in [0.1, 0.15) is 0 Å². The number of hydrogen-bond acceptors (Lipinski definition) is 3. The van der Waals surface area contributed by atoms with Crippen LogP contribution in [0.3, 0.4) is 0 Å². The maximum Gasteiger partial charge on any atom is 0.0434 e. The van der Waals surface area contributed by atoms with Gasteiger partial charge in [-0.25, -0.2) is 0 Å². The molecule has 20 heavy (non-hydrogen) atoms. The number of nitrogens with zero attached hydrogens (tertiary/aromatic N) is 1. The lowest BCUT2D eigenvalue weighted by molar-refractivity contribution is 0.244. The molecule has 0 radical (unpaired) electrons. The van der Waals surface area contributed by atoms with Crippen LogP contribution in [0.5, 0.6) is 0 Å². The Balaban J connectivity index is 1.98. The number of benzene rings is 1. The van der Waals surface area contributed by atoms with Crippen molar-refractivity contribution in [1.29, 1.82) is 0 Å². The number of aliphatic hydroxyl groups excluding tert-OH is 1. The van der Waals surface area contributed by atoms with Crippen molar-refractivity contribution in [3.05, 3.63) is 29.8 Å². The number of aliphatic hydroxyl groups is 1. The second-order valence-corrected chi connectivity index (χ2v) is 5.84. The molecule has 1 aromatic rings. The minimum absolute atomic E-state index is 0.317. The number of nitrogens with one attached hydrogen (secondary N) is 1. The summed E-state index contributed by atoms with van der Waals surface area (Å²) < 4.78 is 0. The van der Waals surface area contributed by atoms with Crippen molar-refractivity contribution >= 4 is 5.69 Å². The summed E-state index contributed by atoms with van der Waals surface area (Å²) in [5.74, 6) is 0.647. The van der Waals surface area contributed by atoms with Crippen molar-refractivity contribution in [2.24, 2.45) is 5.92 Å². The summed E-state index contributed by atoms with van der Waals surface area (Å²) in [7, 11) is 0. The lowest BCUT2D eigenvalue weighted by Gasteiger charge is -2.34. The predicted molar refractivity (Wildman–Crippen MR) is 85.2 cm³/mol. The summed E-state index contributed by atoms with van der Waals surface area (Å²) in [6, 6.07) is 9.36. The average molecular weight is 276 g/mol. The van der Waals surface area contributed by atoms with Gasteiger partial charge in [-0.3, -0.25) is 0 Å². The molecular weight excluding hydrogens is 248 g/mol.